The van der Waals surface area contributed by atoms with Crippen molar-refractivity contribution in [2.24, 2.45) is 0 Å². The lowest BCUT2D eigenvalue weighted by molar-refractivity contribution is 0.388. The molecule has 4 rings (SSSR count). The molecular formula is C18H13N2O3PS2. The third-order valence-corrected chi connectivity index (χ3v) is 7.63. The van der Waals surface area contributed by atoms with E-state index < -0.39 is 7.60 Å². The highest BCUT2D eigenvalue weighted by molar-refractivity contribution is 7.67. The van der Waals surface area contributed by atoms with Crippen molar-refractivity contribution < 1.29 is 14.4 Å². The summed E-state index contributed by atoms with van der Waals surface area (Å²) in [6.45, 7) is 0. The molecule has 0 fully saturated rings. The Bertz CT molecular complexity index is 1100. The summed E-state index contributed by atoms with van der Waals surface area (Å²) in [6, 6.07) is 16.9. The molecule has 4 heterocycles. The Morgan fingerprint density at radius 1 is 0.769 bits per heavy atom. The van der Waals surface area contributed by atoms with E-state index in [1.54, 1.807) is 29.8 Å². The topological polar surface area (TPSA) is 83.3 Å². The Morgan fingerprint density at radius 3 is 2.23 bits per heavy atom. The Balaban J connectivity index is 1.67. The van der Waals surface area contributed by atoms with E-state index in [0.29, 0.717) is 0 Å². The summed E-state index contributed by atoms with van der Waals surface area (Å²) in [4.78, 5) is 30.2. The number of pyridine rings is 2. The highest BCUT2D eigenvalue weighted by Crippen LogP contribution is 2.41. The molecule has 0 amide bonds. The summed E-state index contributed by atoms with van der Waals surface area (Å²) in [5, 5.41) is 0. The van der Waals surface area contributed by atoms with Crippen molar-refractivity contribution in [2.45, 2.75) is 0 Å². The van der Waals surface area contributed by atoms with Crippen LogP contribution in [0, 0.1) is 0 Å². The van der Waals surface area contributed by atoms with Gasteiger partial charge >= 0.3 is 7.60 Å². The summed E-state index contributed by atoms with van der Waals surface area (Å²) >= 11 is 2.70. The second-order valence-electron chi connectivity index (χ2n) is 5.49. The predicted octanol–water partition coefficient (Wildman–Crippen LogP) is 4.40. The van der Waals surface area contributed by atoms with Gasteiger partial charge in [0.25, 0.3) is 0 Å². The third-order valence-electron chi connectivity index (χ3n) is 3.70. The van der Waals surface area contributed by atoms with Gasteiger partial charge in [-0.3, -0.25) is 14.5 Å². The number of nitrogens with zero attached hydrogens (tertiary/aromatic N) is 2. The lowest BCUT2D eigenvalue weighted by atomic mass is 10.1. The van der Waals surface area contributed by atoms with Crippen LogP contribution in [-0.4, -0.2) is 19.8 Å². The summed E-state index contributed by atoms with van der Waals surface area (Å²) in [5.74, 6) is 0. The molecular weight excluding hydrogens is 387 g/mol. The average Bonchev–Trinajstić information content (AvgIpc) is 3.32. The molecule has 0 aliphatic carbocycles. The van der Waals surface area contributed by atoms with Gasteiger partial charge < -0.3 is 9.79 Å². The fourth-order valence-electron chi connectivity index (χ4n) is 2.48. The van der Waals surface area contributed by atoms with E-state index >= 15 is 0 Å². The minimum absolute atomic E-state index is 0.0869. The van der Waals surface area contributed by atoms with Gasteiger partial charge in [0.15, 0.2) is 0 Å². The van der Waals surface area contributed by atoms with Crippen LogP contribution in [0.2, 0.25) is 0 Å². The first-order chi connectivity index (χ1) is 12.5. The second-order valence-corrected chi connectivity index (χ2v) is 9.53. The second kappa shape index (κ2) is 6.87. The van der Waals surface area contributed by atoms with Crippen LogP contribution in [0.3, 0.4) is 0 Å². The molecule has 2 N–H and O–H groups in total. The van der Waals surface area contributed by atoms with Gasteiger partial charge in [0.2, 0.25) is 0 Å². The Kier molecular flexibility index (Phi) is 4.56. The first-order valence-electron chi connectivity index (χ1n) is 7.65. The van der Waals surface area contributed by atoms with E-state index in [9.17, 15) is 14.4 Å². The zero-order valence-corrected chi connectivity index (χ0v) is 15.8. The molecule has 0 atom stereocenters. The molecule has 4 aromatic rings. The van der Waals surface area contributed by atoms with E-state index in [4.69, 9.17) is 0 Å². The summed E-state index contributed by atoms with van der Waals surface area (Å²) in [7, 11) is -4.20. The Labute approximate surface area is 157 Å². The standard InChI is InChI=1S/C18H13N2O3PS2/c21-24(22,23)18-7-6-17(26-18)16-5-4-15(25-16)12-8-10-20-14(11-12)13-3-1-2-9-19-13/h1-11H,(H2,21,22,23). The SMILES string of the molecule is O=P(O)(O)c1ccc(-c2ccc(-c3ccnc(-c4ccccn4)c3)s2)s1. The summed E-state index contributed by atoms with van der Waals surface area (Å²) in [5.41, 5.74) is 2.65. The molecule has 0 aliphatic heterocycles. The largest absolute Gasteiger partial charge is 0.366 e. The van der Waals surface area contributed by atoms with Gasteiger partial charge in [-0.05, 0) is 54.1 Å². The first kappa shape index (κ1) is 17.3. The van der Waals surface area contributed by atoms with Crippen LogP contribution in [0.1, 0.15) is 0 Å². The molecule has 4 aromatic heterocycles. The maximum absolute atomic E-state index is 11.4. The van der Waals surface area contributed by atoms with Crippen molar-refractivity contribution in [3.8, 4) is 31.6 Å². The van der Waals surface area contributed by atoms with Crippen molar-refractivity contribution in [2.75, 3.05) is 0 Å². The lowest BCUT2D eigenvalue weighted by Crippen LogP contribution is -1.94. The molecule has 0 radical (unpaired) electrons. The quantitative estimate of drug-likeness (QED) is 0.496. The molecule has 8 heteroatoms. The zero-order valence-electron chi connectivity index (χ0n) is 13.3. The van der Waals surface area contributed by atoms with E-state index in [2.05, 4.69) is 9.97 Å². The first-order valence-corrected chi connectivity index (χ1v) is 10.9. The Morgan fingerprint density at radius 2 is 1.50 bits per heavy atom. The molecule has 0 saturated heterocycles. The van der Waals surface area contributed by atoms with Gasteiger partial charge in [-0.2, -0.15) is 0 Å². The minimum atomic E-state index is -4.20. The molecule has 0 spiro atoms. The molecule has 0 bridgehead atoms. The molecule has 0 aliphatic rings. The third kappa shape index (κ3) is 3.53. The maximum atomic E-state index is 11.4. The highest BCUT2D eigenvalue weighted by atomic mass is 32.1. The van der Waals surface area contributed by atoms with Gasteiger partial charge in [0.05, 0.1) is 11.4 Å². The fraction of sp³-hybridized carbons (Fsp3) is 0. The molecule has 26 heavy (non-hydrogen) atoms. The summed E-state index contributed by atoms with van der Waals surface area (Å²) < 4.78 is 11.5. The molecule has 130 valence electrons. The normalized spacial score (nSPS) is 11.6. The fourth-order valence-corrected chi connectivity index (χ4v) is 5.36. The van der Waals surface area contributed by atoms with Gasteiger partial charge in [-0.25, -0.2) is 0 Å². The number of rotatable bonds is 4. The maximum Gasteiger partial charge on any atom is 0.366 e. The minimum Gasteiger partial charge on any atom is -0.320 e. The number of aromatic nitrogens is 2. The zero-order chi connectivity index (χ0) is 18.1. The van der Waals surface area contributed by atoms with Crippen LogP contribution in [0.5, 0.6) is 0 Å². The lowest BCUT2D eigenvalue weighted by Gasteiger charge is -2.02. The van der Waals surface area contributed by atoms with E-state index in [-0.39, 0.29) is 4.62 Å². The van der Waals surface area contributed by atoms with Gasteiger partial charge in [0, 0.05) is 27.0 Å². The van der Waals surface area contributed by atoms with Crippen molar-refractivity contribution in [1.82, 2.24) is 9.97 Å². The van der Waals surface area contributed by atoms with E-state index in [0.717, 1.165) is 42.9 Å². The number of hydrogen-bond donors (Lipinski definition) is 2. The van der Waals surface area contributed by atoms with Crippen LogP contribution in [-0.2, 0) is 4.57 Å². The molecule has 0 aromatic carbocycles. The predicted molar refractivity (Wildman–Crippen MR) is 106 cm³/mol. The number of hydrogen-bond acceptors (Lipinski definition) is 5. The molecule has 0 unspecified atom stereocenters. The smallest absolute Gasteiger partial charge is 0.320 e. The van der Waals surface area contributed by atoms with Crippen molar-refractivity contribution >= 4 is 34.9 Å². The van der Waals surface area contributed by atoms with Crippen LogP contribution >= 0.6 is 30.3 Å². The van der Waals surface area contributed by atoms with Crippen molar-refractivity contribution in [3.63, 3.8) is 0 Å². The van der Waals surface area contributed by atoms with Crippen molar-refractivity contribution in [1.29, 1.82) is 0 Å². The monoisotopic (exact) mass is 400 g/mol. The van der Waals surface area contributed by atoms with Gasteiger partial charge in [-0.1, -0.05) is 6.07 Å². The molecule has 0 saturated carbocycles. The number of thiophene rings is 2. The highest BCUT2D eigenvalue weighted by Gasteiger charge is 2.20. The molecule has 5 nitrogen and oxygen atoms in total. The van der Waals surface area contributed by atoms with Gasteiger partial charge in [-0.15, -0.1) is 22.7 Å². The van der Waals surface area contributed by atoms with Crippen LogP contribution in [0.25, 0.3) is 31.6 Å². The van der Waals surface area contributed by atoms with Crippen molar-refractivity contribution in [3.05, 3.63) is 67.0 Å². The average molecular weight is 400 g/mol. The Hall–Kier alpha value is -2.15. The summed E-state index contributed by atoms with van der Waals surface area (Å²) in [6.07, 6.45) is 3.50. The van der Waals surface area contributed by atoms with Crippen LogP contribution < -0.4 is 4.62 Å². The van der Waals surface area contributed by atoms with Crippen LogP contribution in [0.4, 0.5) is 0 Å². The van der Waals surface area contributed by atoms with E-state index in [1.165, 1.54) is 6.07 Å². The van der Waals surface area contributed by atoms with Crippen LogP contribution in [0.15, 0.2) is 67.0 Å². The van der Waals surface area contributed by atoms with E-state index in [1.807, 2.05) is 42.5 Å². The van der Waals surface area contributed by atoms with Gasteiger partial charge in [0.1, 0.15) is 4.62 Å².